The van der Waals surface area contributed by atoms with E-state index in [1.165, 1.54) is 7.76 Å². The largest absolute Gasteiger partial charge is 0.356 e. The molecule has 0 amide bonds. The van der Waals surface area contributed by atoms with Gasteiger partial charge in [-0.05, 0) is 54.5 Å². The van der Waals surface area contributed by atoms with Crippen molar-refractivity contribution in [1.82, 2.24) is 10.6 Å². The van der Waals surface area contributed by atoms with E-state index in [4.69, 9.17) is 0 Å². The Morgan fingerprint density at radius 2 is 2.29 bits per heavy atom. The molecule has 0 radical (unpaired) electrons. The zero-order chi connectivity index (χ0) is 12.7. The van der Waals surface area contributed by atoms with Crippen LogP contribution in [0.15, 0.2) is 17.1 Å². The number of rotatable bonds is 5. The van der Waals surface area contributed by atoms with Crippen LogP contribution in [0, 0.1) is 2.88 Å². The first-order valence-corrected chi connectivity index (χ1v) is 7.76. The summed E-state index contributed by atoms with van der Waals surface area (Å²) in [4.78, 5) is 5.63. The Kier molecular flexibility index (Phi) is 6.87. The summed E-state index contributed by atoms with van der Waals surface area (Å²) >= 11 is 4.21. The first-order valence-electron chi connectivity index (χ1n) is 5.87. The molecule has 2 N–H and O–H groups in total. The molecule has 1 unspecified atom stereocenters. The normalized spacial score (nSPS) is 13.5. The molecular weight excluding hydrogens is 345 g/mol. The third-order valence-electron chi connectivity index (χ3n) is 2.51. The number of aliphatic imine (C=N–C) groups is 1. The van der Waals surface area contributed by atoms with E-state index in [2.05, 4.69) is 64.2 Å². The molecule has 0 fully saturated rings. The van der Waals surface area contributed by atoms with Gasteiger partial charge in [-0.2, -0.15) is 0 Å². The molecule has 0 aliphatic heterocycles. The van der Waals surface area contributed by atoms with Gasteiger partial charge in [0.2, 0.25) is 0 Å². The van der Waals surface area contributed by atoms with Crippen molar-refractivity contribution in [3.05, 3.63) is 19.9 Å². The van der Waals surface area contributed by atoms with Gasteiger partial charge in [0, 0.05) is 24.5 Å². The topological polar surface area (TPSA) is 36.4 Å². The maximum atomic E-state index is 4.21. The molecule has 1 rings (SSSR count). The minimum atomic E-state index is 0.462. The number of guanidine groups is 1. The van der Waals surface area contributed by atoms with Crippen LogP contribution >= 0.6 is 33.9 Å². The minimum absolute atomic E-state index is 0.462. The summed E-state index contributed by atoms with van der Waals surface area (Å²) in [6.45, 7) is 5.25. The number of halogens is 1. The first-order chi connectivity index (χ1) is 8.15. The SMILES string of the molecule is CCC(C)NC(=NC)NCCc1ccc(I)s1. The number of nitrogens with zero attached hydrogens (tertiary/aromatic N) is 1. The smallest absolute Gasteiger partial charge is 0.191 e. The van der Waals surface area contributed by atoms with Crippen LogP contribution in [0.3, 0.4) is 0 Å². The second-order valence-corrected chi connectivity index (χ2v) is 6.97. The van der Waals surface area contributed by atoms with Gasteiger partial charge in [-0.3, -0.25) is 4.99 Å². The Hall–Kier alpha value is -0.300. The molecule has 17 heavy (non-hydrogen) atoms. The first kappa shape index (κ1) is 14.8. The maximum Gasteiger partial charge on any atom is 0.191 e. The molecule has 0 aliphatic carbocycles. The lowest BCUT2D eigenvalue weighted by Gasteiger charge is -2.16. The van der Waals surface area contributed by atoms with Crippen LogP contribution in [-0.4, -0.2) is 25.6 Å². The molecule has 1 aromatic rings. The lowest BCUT2D eigenvalue weighted by molar-refractivity contribution is 0.624. The highest BCUT2D eigenvalue weighted by atomic mass is 127. The van der Waals surface area contributed by atoms with E-state index >= 15 is 0 Å². The van der Waals surface area contributed by atoms with E-state index in [1.54, 1.807) is 0 Å². The molecule has 1 atom stereocenters. The predicted molar refractivity (Wildman–Crippen MR) is 85.0 cm³/mol. The van der Waals surface area contributed by atoms with Gasteiger partial charge < -0.3 is 10.6 Å². The van der Waals surface area contributed by atoms with Crippen LogP contribution in [0.25, 0.3) is 0 Å². The molecule has 3 nitrogen and oxygen atoms in total. The van der Waals surface area contributed by atoms with E-state index in [9.17, 15) is 0 Å². The van der Waals surface area contributed by atoms with Crippen molar-refractivity contribution in [2.45, 2.75) is 32.7 Å². The minimum Gasteiger partial charge on any atom is -0.356 e. The second-order valence-electron chi connectivity index (χ2n) is 3.91. The Balaban J connectivity index is 2.29. The molecule has 0 aliphatic rings. The molecule has 5 heteroatoms. The van der Waals surface area contributed by atoms with Gasteiger partial charge in [0.25, 0.3) is 0 Å². The Bertz CT molecular complexity index is 362. The molecule has 0 bridgehead atoms. The predicted octanol–water partition coefficient (Wildman–Crippen LogP) is 2.86. The fourth-order valence-electron chi connectivity index (χ4n) is 1.32. The van der Waals surface area contributed by atoms with Gasteiger partial charge in [-0.15, -0.1) is 11.3 Å². The van der Waals surface area contributed by atoms with Crippen LogP contribution in [-0.2, 0) is 6.42 Å². The lowest BCUT2D eigenvalue weighted by atomic mass is 10.3. The molecule has 1 heterocycles. The van der Waals surface area contributed by atoms with Gasteiger partial charge in [0.15, 0.2) is 5.96 Å². The van der Waals surface area contributed by atoms with E-state index < -0.39 is 0 Å². The van der Waals surface area contributed by atoms with E-state index in [0.717, 1.165) is 25.3 Å². The van der Waals surface area contributed by atoms with Gasteiger partial charge in [-0.1, -0.05) is 6.92 Å². The summed E-state index contributed by atoms with van der Waals surface area (Å²) in [5.74, 6) is 0.894. The number of nitrogens with one attached hydrogen (secondary N) is 2. The van der Waals surface area contributed by atoms with Crippen LogP contribution in [0.5, 0.6) is 0 Å². The zero-order valence-corrected chi connectivity index (χ0v) is 13.6. The van der Waals surface area contributed by atoms with Crippen LogP contribution in [0.4, 0.5) is 0 Å². The van der Waals surface area contributed by atoms with Gasteiger partial charge in [0.1, 0.15) is 0 Å². The van der Waals surface area contributed by atoms with E-state index in [-0.39, 0.29) is 0 Å². The Morgan fingerprint density at radius 1 is 1.53 bits per heavy atom. The molecule has 0 spiro atoms. The van der Waals surface area contributed by atoms with Crippen molar-refractivity contribution in [3.8, 4) is 0 Å². The summed E-state index contributed by atoms with van der Waals surface area (Å²) in [7, 11) is 1.81. The highest BCUT2D eigenvalue weighted by Gasteiger charge is 2.02. The van der Waals surface area contributed by atoms with Gasteiger partial charge >= 0.3 is 0 Å². The molecule has 1 aromatic heterocycles. The maximum absolute atomic E-state index is 4.21. The van der Waals surface area contributed by atoms with Crippen molar-refractivity contribution in [2.24, 2.45) is 4.99 Å². The zero-order valence-electron chi connectivity index (χ0n) is 10.6. The summed E-state index contributed by atoms with van der Waals surface area (Å²) in [6.07, 6.45) is 2.15. The second kappa shape index (κ2) is 7.92. The van der Waals surface area contributed by atoms with Crippen molar-refractivity contribution in [1.29, 1.82) is 0 Å². The van der Waals surface area contributed by atoms with Crippen molar-refractivity contribution < 1.29 is 0 Å². The Morgan fingerprint density at radius 3 is 2.82 bits per heavy atom. The lowest BCUT2D eigenvalue weighted by Crippen LogP contribution is -2.42. The highest BCUT2D eigenvalue weighted by molar-refractivity contribution is 14.1. The summed E-state index contributed by atoms with van der Waals surface area (Å²) in [6, 6.07) is 4.81. The quantitative estimate of drug-likeness (QED) is 0.478. The molecule has 0 aromatic carbocycles. The average molecular weight is 365 g/mol. The standard InChI is InChI=1S/C12H20IN3S/c1-4-9(2)16-12(14-3)15-8-7-10-5-6-11(13)17-10/h5-6,9H,4,7-8H2,1-3H3,(H2,14,15,16). The number of hydrogen-bond donors (Lipinski definition) is 2. The molecular formula is C12H20IN3S. The third kappa shape index (κ3) is 5.72. The van der Waals surface area contributed by atoms with Crippen molar-refractivity contribution in [3.63, 3.8) is 0 Å². The van der Waals surface area contributed by atoms with Crippen LogP contribution in [0.2, 0.25) is 0 Å². The fourth-order valence-corrected chi connectivity index (χ4v) is 3.08. The van der Waals surface area contributed by atoms with Gasteiger partial charge in [-0.25, -0.2) is 0 Å². The average Bonchev–Trinajstić information content (AvgIpc) is 2.73. The summed E-state index contributed by atoms with van der Waals surface area (Å²) in [5, 5.41) is 6.68. The number of hydrogen-bond acceptors (Lipinski definition) is 2. The third-order valence-corrected chi connectivity index (χ3v) is 4.47. The van der Waals surface area contributed by atoms with E-state index in [1.807, 2.05) is 18.4 Å². The van der Waals surface area contributed by atoms with Crippen molar-refractivity contribution >= 4 is 39.9 Å². The van der Waals surface area contributed by atoms with Crippen molar-refractivity contribution in [2.75, 3.05) is 13.6 Å². The van der Waals surface area contributed by atoms with Crippen LogP contribution in [0.1, 0.15) is 25.1 Å². The summed E-state index contributed by atoms with van der Waals surface area (Å²) in [5.41, 5.74) is 0. The molecule has 0 saturated carbocycles. The molecule has 96 valence electrons. The highest BCUT2D eigenvalue weighted by Crippen LogP contribution is 2.18. The fraction of sp³-hybridized carbons (Fsp3) is 0.583. The molecule has 0 saturated heterocycles. The van der Waals surface area contributed by atoms with E-state index in [0.29, 0.717) is 6.04 Å². The van der Waals surface area contributed by atoms with Gasteiger partial charge in [0.05, 0.1) is 2.88 Å². The van der Waals surface area contributed by atoms with Crippen LogP contribution < -0.4 is 10.6 Å². The number of thiophene rings is 1. The monoisotopic (exact) mass is 365 g/mol. The Labute approximate surface area is 121 Å². The summed E-state index contributed by atoms with van der Waals surface area (Å²) < 4.78 is 1.35.